The van der Waals surface area contributed by atoms with Crippen LogP contribution in [0.2, 0.25) is 0 Å². The fraction of sp³-hybridized carbons (Fsp3) is 0.522. The predicted molar refractivity (Wildman–Crippen MR) is 126 cm³/mol. The molecule has 11 nitrogen and oxygen atoms in total. The van der Waals surface area contributed by atoms with E-state index >= 15 is 0 Å². The van der Waals surface area contributed by atoms with Crippen LogP contribution in [0.5, 0.6) is 17.8 Å². The molecule has 3 aromatic rings. The third-order valence-electron chi connectivity index (χ3n) is 6.16. The number of anilines is 2. The molecular weight excluding hydrogens is 438 g/mol. The van der Waals surface area contributed by atoms with Crippen LogP contribution in [-0.2, 0) is 4.74 Å². The van der Waals surface area contributed by atoms with Crippen molar-refractivity contribution in [2.45, 2.75) is 37.8 Å². The lowest BCUT2D eigenvalue weighted by atomic mass is 9.93. The number of fused-ring (bicyclic) bond motifs is 1. The van der Waals surface area contributed by atoms with Crippen molar-refractivity contribution >= 4 is 22.7 Å². The molecule has 11 heteroatoms. The van der Waals surface area contributed by atoms with E-state index in [1.165, 1.54) is 14.2 Å². The van der Waals surface area contributed by atoms with Gasteiger partial charge in [0.25, 0.3) is 0 Å². The van der Waals surface area contributed by atoms with Gasteiger partial charge in [0.15, 0.2) is 0 Å². The summed E-state index contributed by atoms with van der Waals surface area (Å²) in [5.74, 6) is 1.24. The molecule has 0 bridgehead atoms. The molecule has 2 aliphatic rings. The first kappa shape index (κ1) is 22.3. The molecule has 34 heavy (non-hydrogen) atoms. The Kier molecular flexibility index (Phi) is 6.70. The Morgan fingerprint density at radius 3 is 2.32 bits per heavy atom. The summed E-state index contributed by atoms with van der Waals surface area (Å²) in [6.45, 7) is 3.17. The molecule has 1 saturated carbocycles. The summed E-state index contributed by atoms with van der Waals surface area (Å²) in [5.41, 5.74) is 2.73. The lowest BCUT2D eigenvalue weighted by Crippen LogP contribution is -2.36. The maximum atomic E-state index is 6.50. The molecule has 180 valence electrons. The van der Waals surface area contributed by atoms with Crippen molar-refractivity contribution in [2.75, 3.05) is 50.7 Å². The molecule has 0 radical (unpaired) electrons. The van der Waals surface area contributed by atoms with E-state index in [-0.39, 0.29) is 24.2 Å². The number of morpholine rings is 1. The van der Waals surface area contributed by atoms with Crippen LogP contribution in [0.15, 0.2) is 24.5 Å². The first-order valence-electron chi connectivity index (χ1n) is 11.6. The molecule has 0 amide bonds. The number of nitrogens with zero attached hydrogens (tertiary/aromatic N) is 6. The molecule has 0 spiro atoms. The smallest absolute Gasteiger partial charge is 0.324 e. The fourth-order valence-electron chi connectivity index (χ4n) is 4.39. The quantitative estimate of drug-likeness (QED) is 0.552. The molecule has 0 atom stereocenters. The topological polar surface area (TPSA) is 117 Å². The Morgan fingerprint density at radius 2 is 1.62 bits per heavy atom. The average Bonchev–Trinajstić information content (AvgIpc) is 2.90. The molecule has 2 aromatic heterocycles. The number of nitrogens with one attached hydrogen (secondary N) is 1. The molecule has 1 aliphatic heterocycles. The number of hydrogen-bond acceptors (Lipinski definition) is 11. The van der Waals surface area contributed by atoms with Gasteiger partial charge in [-0.05, 0) is 31.7 Å². The minimum Gasteiger partial charge on any atom is -0.488 e. The van der Waals surface area contributed by atoms with E-state index in [2.05, 4.69) is 47.3 Å². The Bertz CT molecular complexity index is 1100. The number of methoxy groups -OCH3 is 2. The van der Waals surface area contributed by atoms with E-state index in [1.807, 2.05) is 0 Å². The fourth-order valence-corrected chi connectivity index (χ4v) is 4.39. The highest BCUT2D eigenvalue weighted by atomic mass is 16.5. The minimum atomic E-state index is 0.102. The highest BCUT2D eigenvalue weighted by molar-refractivity contribution is 5.85. The van der Waals surface area contributed by atoms with Crippen molar-refractivity contribution in [3.63, 3.8) is 0 Å². The van der Waals surface area contributed by atoms with Crippen molar-refractivity contribution in [3.8, 4) is 17.8 Å². The van der Waals surface area contributed by atoms with E-state index < -0.39 is 0 Å². The molecule has 1 N–H and O–H groups in total. The zero-order chi connectivity index (χ0) is 23.3. The maximum absolute atomic E-state index is 6.50. The zero-order valence-corrected chi connectivity index (χ0v) is 19.4. The number of benzene rings is 1. The van der Waals surface area contributed by atoms with Crippen LogP contribution >= 0.6 is 0 Å². The van der Waals surface area contributed by atoms with E-state index in [0.717, 1.165) is 74.5 Å². The summed E-state index contributed by atoms with van der Waals surface area (Å²) in [6, 6.07) is 4.85. The second kappa shape index (κ2) is 10.2. The molecule has 1 aromatic carbocycles. The van der Waals surface area contributed by atoms with Crippen molar-refractivity contribution in [1.82, 2.24) is 24.9 Å². The van der Waals surface area contributed by atoms with Crippen LogP contribution in [0.1, 0.15) is 25.7 Å². The van der Waals surface area contributed by atoms with Crippen LogP contribution in [-0.4, -0.2) is 77.6 Å². The average molecular weight is 468 g/mol. The van der Waals surface area contributed by atoms with E-state index in [1.54, 1.807) is 12.4 Å². The molecule has 1 aliphatic carbocycles. The predicted octanol–water partition coefficient (Wildman–Crippen LogP) is 2.47. The van der Waals surface area contributed by atoms with Crippen molar-refractivity contribution in [1.29, 1.82) is 0 Å². The van der Waals surface area contributed by atoms with E-state index in [0.29, 0.717) is 5.95 Å². The van der Waals surface area contributed by atoms with Crippen molar-refractivity contribution in [3.05, 3.63) is 24.5 Å². The molecule has 2 fully saturated rings. The van der Waals surface area contributed by atoms with E-state index in [9.17, 15) is 0 Å². The van der Waals surface area contributed by atoms with Gasteiger partial charge in [-0.1, -0.05) is 0 Å². The molecular formula is C23H29N7O4. The lowest BCUT2D eigenvalue weighted by molar-refractivity contribution is 0.122. The minimum absolute atomic E-state index is 0.102. The largest absolute Gasteiger partial charge is 0.488 e. The second-order valence-electron chi connectivity index (χ2n) is 8.34. The first-order chi connectivity index (χ1) is 16.7. The summed E-state index contributed by atoms with van der Waals surface area (Å²) < 4.78 is 22.3. The van der Waals surface area contributed by atoms with Crippen LogP contribution in [0.4, 0.5) is 11.6 Å². The Morgan fingerprint density at radius 1 is 0.912 bits per heavy atom. The summed E-state index contributed by atoms with van der Waals surface area (Å²) in [4.78, 5) is 24.0. The molecule has 1 saturated heterocycles. The molecule has 0 unspecified atom stereocenters. The van der Waals surface area contributed by atoms with Gasteiger partial charge in [-0.2, -0.15) is 9.97 Å². The SMILES string of the molecule is COc1nc(NC2CCC(Oc3cc(N4CCOCC4)cc4nccnc34)CC2)nc(OC)n1. The highest BCUT2D eigenvalue weighted by Gasteiger charge is 2.25. The summed E-state index contributed by atoms with van der Waals surface area (Å²) in [7, 11) is 3.03. The third-order valence-corrected chi connectivity index (χ3v) is 6.16. The zero-order valence-electron chi connectivity index (χ0n) is 19.4. The monoisotopic (exact) mass is 467 g/mol. The van der Waals surface area contributed by atoms with Crippen molar-refractivity contribution < 1.29 is 18.9 Å². The van der Waals surface area contributed by atoms with E-state index in [4.69, 9.17) is 18.9 Å². The van der Waals surface area contributed by atoms with Gasteiger partial charge in [0.2, 0.25) is 5.95 Å². The van der Waals surface area contributed by atoms with Gasteiger partial charge in [-0.3, -0.25) is 4.98 Å². The van der Waals surface area contributed by atoms with Crippen molar-refractivity contribution in [2.24, 2.45) is 0 Å². The van der Waals surface area contributed by atoms with Crippen LogP contribution < -0.4 is 24.4 Å². The number of hydrogen-bond donors (Lipinski definition) is 1. The highest BCUT2D eigenvalue weighted by Crippen LogP contribution is 2.33. The number of ether oxygens (including phenoxy) is 4. The summed E-state index contributed by atoms with van der Waals surface area (Å²) in [5, 5.41) is 3.38. The summed E-state index contributed by atoms with van der Waals surface area (Å²) in [6.07, 6.45) is 7.19. The standard InChI is InChI=1S/C23H29N7O4/c1-31-22-27-21(28-23(29-22)32-2)26-15-3-5-17(6-4-15)34-19-14-16(30-9-11-33-12-10-30)13-18-20(19)25-8-7-24-18/h7-8,13-15,17H,3-6,9-12H2,1-2H3,(H,26,27,28,29). The van der Waals surface area contributed by atoms with Crippen LogP contribution in [0, 0.1) is 0 Å². The van der Waals surface area contributed by atoms with Gasteiger partial charge in [-0.15, -0.1) is 4.98 Å². The van der Waals surface area contributed by atoms with Gasteiger partial charge in [0, 0.05) is 43.3 Å². The Balaban J connectivity index is 1.26. The summed E-state index contributed by atoms with van der Waals surface area (Å²) >= 11 is 0. The van der Waals surface area contributed by atoms with Gasteiger partial charge in [0.1, 0.15) is 11.3 Å². The van der Waals surface area contributed by atoms with Crippen LogP contribution in [0.25, 0.3) is 11.0 Å². The number of aromatic nitrogens is 5. The Hall–Kier alpha value is -3.47. The van der Waals surface area contributed by atoms with Gasteiger partial charge >= 0.3 is 12.0 Å². The molecule has 3 heterocycles. The molecule has 5 rings (SSSR count). The first-order valence-corrected chi connectivity index (χ1v) is 11.6. The lowest BCUT2D eigenvalue weighted by Gasteiger charge is -2.31. The van der Waals surface area contributed by atoms with Gasteiger partial charge in [0.05, 0.1) is 39.1 Å². The van der Waals surface area contributed by atoms with Gasteiger partial charge in [-0.25, -0.2) is 4.98 Å². The maximum Gasteiger partial charge on any atom is 0.324 e. The Labute approximate surface area is 197 Å². The third kappa shape index (κ3) is 5.04. The van der Waals surface area contributed by atoms with Crippen LogP contribution in [0.3, 0.4) is 0 Å². The second-order valence-corrected chi connectivity index (χ2v) is 8.34. The number of rotatable bonds is 7. The normalized spacial score (nSPS) is 20.7. The van der Waals surface area contributed by atoms with Gasteiger partial charge < -0.3 is 29.2 Å².